The molecule has 2 nitrogen and oxygen atoms in total. The van der Waals surface area contributed by atoms with Crippen LogP contribution in [0, 0.1) is 0 Å². The summed E-state index contributed by atoms with van der Waals surface area (Å²) >= 11 is 0. The molecule has 1 aliphatic rings. The van der Waals surface area contributed by atoms with E-state index in [2.05, 4.69) is 228 Å². The van der Waals surface area contributed by atoms with Crippen molar-refractivity contribution in [1.29, 1.82) is 0 Å². The van der Waals surface area contributed by atoms with Gasteiger partial charge in [0.05, 0.1) is 16.7 Å². The Balaban J connectivity index is 1.03. The van der Waals surface area contributed by atoms with Crippen molar-refractivity contribution in [3.63, 3.8) is 0 Å². The lowest BCUT2D eigenvalue weighted by Crippen LogP contribution is -2.30. The van der Waals surface area contributed by atoms with Crippen LogP contribution < -0.4 is 4.90 Å². The molecule has 0 saturated heterocycles. The van der Waals surface area contributed by atoms with Crippen LogP contribution in [-0.2, 0) is 5.41 Å². The van der Waals surface area contributed by atoms with Gasteiger partial charge in [-0.15, -0.1) is 0 Å². The first-order valence-electron chi connectivity index (χ1n) is 21.5. The molecule has 1 heterocycles. The lowest BCUT2D eigenvalue weighted by Gasteiger charge is -2.39. The minimum absolute atomic E-state index is 0.0425. The number of aromatic nitrogens is 1. The molecule has 1 fully saturated rings. The van der Waals surface area contributed by atoms with Crippen molar-refractivity contribution in [3.8, 4) is 27.9 Å². The van der Waals surface area contributed by atoms with Gasteiger partial charge in [-0.05, 0) is 112 Å². The summed E-state index contributed by atoms with van der Waals surface area (Å²) < 4.78 is 2.40. The maximum atomic E-state index is 2.45. The zero-order chi connectivity index (χ0) is 39.9. The molecule has 2 heteroatoms. The largest absolute Gasteiger partial charge is 0.310 e. The van der Waals surface area contributed by atoms with E-state index in [1.165, 1.54) is 104 Å². The van der Waals surface area contributed by atoms with Crippen LogP contribution in [0.3, 0.4) is 0 Å². The van der Waals surface area contributed by atoms with E-state index in [0.29, 0.717) is 0 Å². The van der Waals surface area contributed by atoms with Crippen LogP contribution in [0.25, 0.3) is 60.5 Å². The second kappa shape index (κ2) is 15.2. The second-order valence-electron chi connectivity index (χ2n) is 16.4. The molecule has 1 aromatic heterocycles. The molecule has 0 N–H and O–H groups in total. The summed E-state index contributed by atoms with van der Waals surface area (Å²) in [4.78, 5) is 2.45. The Morgan fingerprint density at radius 3 is 1.75 bits per heavy atom. The van der Waals surface area contributed by atoms with Crippen molar-refractivity contribution in [2.45, 2.75) is 37.5 Å². The summed E-state index contributed by atoms with van der Waals surface area (Å²) in [6.07, 6.45) is 6.20. The topological polar surface area (TPSA) is 8.17 Å². The van der Waals surface area contributed by atoms with Crippen LogP contribution in [0.1, 0.15) is 43.2 Å². The fourth-order valence-electron chi connectivity index (χ4n) is 10.1. The lowest BCUT2D eigenvalue weighted by atomic mass is 9.65. The van der Waals surface area contributed by atoms with E-state index < -0.39 is 0 Å². The molecule has 10 aromatic rings. The van der Waals surface area contributed by atoms with Crippen molar-refractivity contribution < 1.29 is 0 Å². The zero-order valence-corrected chi connectivity index (χ0v) is 33.7. The summed E-state index contributed by atoms with van der Waals surface area (Å²) in [5.41, 5.74) is 14.7. The highest BCUT2D eigenvalue weighted by molar-refractivity contribution is 6.10. The van der Waals surface area contributed by atoms with Crippen LogP contribution in [0.5, 0.6) is 0 Å². The van der Waals surface area contributed by atoms with Crippen molar-refractivity contribution in [3.05, 3.63) is 230 Å². The summed E-state index contributed by atoms with van der Waals surface area (Å²) in [5.74, 6) is 0. The minimum Gasteiger partial charge on any atom is -0.310 e. The molecule has 0 aliphatic heterocycles. The third-order valence-electron chi connectivity index (χ3n) is 13.1. The van der Waals surface area contributed by atoms with Crippen molar-refractivity contribution in [2.24, 2.45) is 0 Å². The van der Waals surface area contributed by atoms with Crippen LogP contribution >= 0.6 is 0 Å². The number of fused-ring (bicyclic) bond motifs is 4. The SMILES string of the molecule is c1ccc(-n2c3ccccc3c3ccc(-c4ccc(N(c5ccc(C6(c7ccccc7)CCCCC6)cc5)c5ccccc5-c5ccc6ccccc6c5)cc4)cc32)cc1. The first-order chi connectivity index (χ1) is 29.7. The third-order valence-corrected chi connectivity index (χ3v) is 13.1. The molecule has 1 aliphatic carbocycles. The van der Waals surface area contributed by atoms with Gasteiger partial charge in [-0.2, -0.15) is 0 Å². The molecule has 60 heavy (non-hydrogen) atoms. The summed E-state index contributed by atoms with van der Waals surface area (Å²) in [7, 11) is 0. The van der Waals surface area contributed by atoms with Gasteiger partial charge in [0.2, 0.25) is 0 Å². The van der Waals surface area contributed by atoms with Crippen LogP contribution in [-0.4, -0.2) is 4.57 Å². The Kier molecular flexibility index (Phi) is 9.12. The van der Waals surface area contributed by atoms with Crippen molar-refractivity contribution in [1.82, 2.24) is 4.57 Å². The number of anilines is 3. The van der Waals surface area contributed by atoms with Crippen LogP contribution in [0.2, 0.25) is 0 Å². The molecule has 9 aromatic carbocycles. The molecular formula is C58H46N2. The van der Waals surface area contributed by atoms with E-state index in [4.69, 9.17) is 0 Å². The maximum absolute atomic E-state index is 2.45. The van der Waals surface area contributed by atoms with Crippen molar-refractivity contribution >= 4 is 49.6 Å². The lowest BCUT2D eigenvalue weighted by molar-refractivity contribution is 0.346. The van der Waals surface area contributed by atoms with E-state index in [1.807, 2.05) is 0 Å². The normalized spacial score (nSPS) is 13.8. The average molecular weight is 771 g/mol. The Labute approximate surface area is 352 Å². The summed E-state index contributed by atoms with van der Waals surface area (Å²) in [6.45, 7) is 0. The molecule has 0 unspecified atom stereocenters. The van der Waals surface area contributed by atoms with E-state index in [0.717, 1.165) is 17.1 Å². The average Bonchev–Trinajstić information content (AvgIpc) is 3.66. The smallest absolute Gasteiger partial charge is 0.0547 e. The Morgan fingerprint density at radius 1 is 0.383 bits per heavy atom. The highest BCUT2D eigenvalue weighted by atomic mass is 15.1. The van der Waals surface area contributed by atoms with Gasteiger partial charge in [-0.25, -0.2) is 0 Å². The first kappa shape index (κ1) is 36.0. The number of benzene rings is 9. The molecule has 0 bridgehead atoms. The summed E-state index contributed by atoms with van der Waals surface area (Å²) in [5, 5.41) is 5.02. The number of para-hydroxylation sites is 3. The molecule has 288 valence electrons. The Bertz CT molecular complexity index is 3100. The highest BCUT2D eigenvalue weighted by Crippen LogP contribution is 2.47. The van der Waals surface area contributed by atoms with E-state index in [1.54, 1.807) is 0 Å². The minimum atomic E-state index is 0.0425. The van der Waals surface area contributed by atoms with E-state index >= 15 is 0 Å². The van der Waals surface area contributed by atoms with Gasteiger partial charge in [0, 0.05) is 38.8 Å². The van der Waals surface area contributed by atoms with Crippen molar-refractivity contribution in [2.75, 3.05) is 4.90 Å². The predicted octanol–water partition coefficient (Wildman–Crippen LogP) is 16.0. The standard InChI is InChI=1S/C58H46N2/c1-4-18-47(19-5-1)58(38-14-3-15-39-58)48-31-35-51(36-32-48)59(55-24-12-10-22-52(55)46-27-26-42-16-8-9-17-44(42)40-46)50-33-28-43(29-34-50)45-30-37-54-53-23-11-13-25-56(53)60(57(54)41-45)49-20-6-2-7-21-49/h1-2,4-13,16-37,40-41H,3,14-15,38-39H2. The quantitative estimate of drug-likeness (QED) is 0.149. The molecule has 0 spiro atoms. The molecular weight excluding hydrogens is 725 g/mol. The van der Waals surface area contributed by atoms with Gasteiger partial charge in [0.1, 0.15) is 0 Å². The first-order valence-corrected chi connectivity index (χ1v) is 21.5. The molecule has 0 amide bonds. The highest BCUT2D eigenvalue weighted by Gasteiger charge is 2.35. The van der Waals surface area contributed by atoms with Gasteiger partial charge < -0.3 is 9.47 Å². The van der Waals surface area contributed by atoms with Gasteiger partial charge in [0.15, 0.2) is 0 Å². The predicted molar refractivity (Wildman–Crippen MR) is 254 cm³/mol. The van der Waals surface area contributed by atoms with Crippen LogP contribution in [0.15, 0.2) is 218 Å². The van der Waals surface area contributed by atoms with Crippen LogP contribution in [0.4, 0.5) is 17.1 Å². The third kappa shape index (κ3) is 6.28. The molecule has 1 saturated carbocycles. The van der Waals surface area contributed by atoms with E-state index in [9.17, 15) is 0 Å². The van der Waals surface area contributed by atoms with Gasteiger partial charge in [0.25, 0.3) is 0 Å². The van der Waals surface area contributed by atoms with Gasteiger partial charge in [-0.3, -0.25) is 0 Å². The maximum Gasteiger partial charge on any atom is 0.0547 e. The van der Waals surface area contributed by atoms with Gasteiger partial charge >= 0.3 is 0 Å². The fraction of sp³-hybridized carbons (Fsp3) is 0.103. The number of hydrogen-bond acceptors (Lipinski definition) is 1. The monoisotopic (exact) mass is 770 g/mol. The number of rotatable bonds is 8. The molecule has 11 rings (SSSR count). The fourth-order valence-corrected chi connectivity index (χ4v) is 10.1. The second-order valence-corrected chi connectivity index (χ2v) is 16.4. The summed E-state index contributed by atoms with van der Waals surface area (Å²) in [6, 6.07) is 80.7. The zero-order valence-electron chi connectivity index (χ0n) is 33.7. The number of nitrogens with zero attached hydrogens (tertiary/aromatic N) is 2. The molecule has 0 atom stereocenters. The number of hydrogen-bond donors (Lipinski definition) is 0. The van der Waals surface area contributed by atoms with E-state index in [-0.39, 0.29) is 5.41 Å². The molecule has 0 radical (unpaired) electrons. The Morgan fingerprint density at radius 2 is 0.967 bits per heavy atom. The van der Waals surface area contributed by atoms with Gasteiger partial charge in [-0.1, -0.05) is 177 Å². The Hall–Kier alpha value is -7.16.